The number of esters is 1. The fourth-order valence-corrected chi connectivity index (χ4v) is 2.54. The molecule has 0 spiro atoms. The molecule has 0 fully saturated rings. The van der Waals surface area contributed by atoms with Crippen LogP contribution in [0.2, 0.25) is 0 Å². The van der Waals surface area contributed by atoms with Gasteiger partial charge in [-0.15, -0.1) is 0 Å². The molecule has 25 heavy (non-hydrogen) atoms. The van der Waals surface area contributed by atoms with Crippen LogP contribution in [0, 0.1) is 30.9 Å². The molecule has 0 N–H and O–H groups in total. The molecule has 6 nitrogen and oxygen atoms in total. The van der Waals surface area contributed by atoms with E-state index in [2.05, 4.69) is 0 Å². The van der Waals surface area contributed by atoms with Crippen LogP contribution in [0.3, 0.4) is 0 Å². The van der Waals surface area contributed by atoms with Crippen molar-refractivity contribution in [2.45, 2.75) is 33.8 Å². The minimum Gasteiger partial charge on any atom is -0.451 e. The summed E-state index contributed by atoms with van der Waals surface area (Å²) in [5.74, 6) is -1.06. The van der Waals surface area contributed by atoms with Crippen molar-refractivity contribution in [3.05, 3.63) is 74.3 Å². The molecular weight excluding hydrogens is 322 g/mol. The first-order valence-corrected chi connectivity index (χ1v) is 7.78. The maximum atomic E-state index is 12.6. The van der Waals surface area contributed by atoms with Crippen LogP contribution in [-0.4, -0.2) is 22.8 Å². The van der Waals surface area contributed by atoms with Crippen LogP contribution in [0.25, 0.3) is 0 Å². The number of ketones is 1. The molecule has 0 amide bonds. The lowest BCUT2D eigenvalue weighted by molar-refractivity contribution is -0.385. The van der Waals surface area contributed by atoms with Gasteiger partial charge in [-0.1, -0.05) is 23.8 Å². The average molecular weight is 341 g/mol. The number of hydrogen-bond donors (Lipinski definition) is 0. The number of nitrogens with zero attached hydrogens (tertiary/aromatic N) is 1. The van der Waals surface area contributed by atoms with Gasteiger partial charge in [0.15, 0.2) is 6.10 Å². The van der Waals surface area contributed by atoms with Gasteiger partial charge in [-0.25, -0.2) is 4.79 Å². The van der Waals surface area contributed by atoms with Crippen molar-refractivity contribution in [3.63, 3.8) is 0 Å². The van der Waals surface area contributed by atoms with Gasteiger partial charge in [0, 0.05) is 17.2 Å². The molecule has 0 aromatic heterocycles. The van der Waals surface area contributed by atoms with E-state index in [-0.39, 0.29) is 22.6 Å². The average Bonchev–Trinajstić information content (AvgIpc) is 2.56. The van der Waals surface area contributed by atoms with Gasteiger partial charge < -0.3 is 4.74 Å². The molecule has 130 valence electrons. The van der Waals surface area contributed by atoms with E-state index in [1.165, 1.54) is 32.0 Å². The van der Waals surface area contributed by atoms with Crippen molar-refractivity contribution in [1.82, 2.24) is 0 Å². The van der Waals surface area contributed by atoms with Gasteiger partial charge in [0.05, 0.1) is 10.5 Å². The van der Waals surface area contributed by atoms with Gasteiger partial charge in [-0.2, -0.15) is 0 Å². The second kappa shape index (κ2) is 7.25. The standard InChI is InChI=1S/C19H19NO5/c1-11-8-9-12(2)16(10-11)18(21)14(4)25-19(22)15-6-5-7-17(13(15)3)20(23)24/h5-10,14H,1-4H3/t14-/m0/s1. The fourth-order valence-electron chi connectivity index (χ4n) is 2.54. The van der Waals surface area contributed by atoms with Crippen LogP contribution in [0.1, 0.15) is 44.3 Å². The Hall–Kier alpha value is -3.02. The van der Waals surface area contributed by atoms with Gasteiger partial charge in [-0.05, 0) is 45.4 Å². The summed E-state index contributed by atoms with van der Waals surface area (Å²) < 4.78 is 5.25. The summed E-state index contributed by atoms with van der Waals surface area (Å²) in [4.78, 5) is 35.3. The van der Waals surface area contributed by atoms with E-state index in [1.54, 1.807) is 6.07 Å². The summed E-state index contributed by atoms with van der Waals surface area (Å²) in [5.41, 5.74) is 2.35. The Morgan fingerprint density at radius 3 is 2.40 bits per heavy atom. The Balaban J connectivity index is 2.23. The normalized spacial score (nSPS) is 11.7. The third-order valence-electron chi connectivity index (χ3n) is 4.03. The molecule has 2 rings (SSSR count). The molecule has 2 aromatic carbocycles. The van der Waals surface area contributed by atoms with Crippen LogP contribution in [0.5, 0.6) is 0 Å². The van der Waals surface area contributed by atoms with Crippen LogP contribution < -0.4 is 0 Å². The van der Waals surface area contributed by atoms with Gasteiger partial charge in [0.1, 0.15) is 0 Å². The van der Waals surface area contributed by atoms with Crippen molar-refractivity contribution in [2.24, 2.45) is 0 Å². The number of carbonyl (C=O) groups excluding carboxylic acids is 2. The number of hydrogen-bond acceptors (Lipinski definition) is 5. The molecule has 1 atom stereocenters. The van der Waals surface area contributed by atoms with Gasteiger partial charge in [0.2, 0.25) is 5.78 Å². The maximum absolute atomic E-state index is 12.6. The zero-order valence-corrected chi connectivity index (χ0v) is 14.5. The summed E-state index contributed by atoms with van der Waals surface area (Å²) in [5, 5.41) is 11.0. The first-order valence-electron chi connectivity index (χ1n) is 7.78. The van der Waals surface area contributed by atoms with Crippen molar-refractivity contribution in [2.75, 3.05) is 0 Å². The highest BCUT2D eigenvalue weighted by Crippen LogP contribution is 2.22. The molecule has 0 aliphatic rings. The highest BCUT2D eigenvalue weighted by molar-refractivity contribution is 6.02. The molecule has 6 heteroatoms. The van der Waals surface area contributed by atoms with Gasteiger partial charge in [-0.3, -0.25) is 14.9 Å². The first-order chi connectivity index (χ1) is 11.7. The number of Topliss-reactive ketones (excluding diaryl/α,β-unsaturated/α-hetero) is 1. The number of nitro groups is 1. The minimum absolute atomic E-state index is 0.0785. The highest BCUT2D eigenvalue weighted by Gasteiger charge is 2.24. The molecule has 0 saturated heterocycles. The van der Waals surface area contributed by atoms with E-state index in [9.17, 15) is 19.7 Å². The predicted octanol–water partition coefficient (Wildman–Crippen LogP) is 3.95. The lowest BCUT2D eigenvalue weighted by Crippen LogP contribution is -2.25. The summed E-state index contributed by atoms with van der Waals surface area (Å²) in [6.07, 6.45) is -0.994. The second-order valence-corrected chi connectivity index (χ2v) is 5.94. The third-order valence-corrected chi connectivity index (χ3v) is 4.03. The molecular formula is C19H19NO5. The van der Waals surface area contributed by atoms with Crippen molar-refractivity contribution in [1.29, 1.82) is 0 Å². The van der Waals surface area contributed by atoms with E-state index in [0.717, 1.165) is 11.1 Å². The van der Waals surface area contributed by atoms with E-state index in [4.69, 9.17) is 4.74 Å². The van der Waals surface area contributed by atoms with Gasteiger partial charge >= 0.3 is 5.97 Å². The number of benzene rings is 2. The largest absolute Gasteiger partial charge is 0.451 e. The zero-order chi connectivity index (χ0) is 18.7. The Bertz CT molecular complexity index is 857. The topological polar surface area (TPSA) is 86.5 Å². The summed E-state index contributed by atoms with van der Waals surface area (Å²) in [6.45, 7) is 6.66. The van der Waals surface area contributed by atoms with Crippen molar-refractivity contribution in [3.8, 4) is 0 Å². The number of ether oxygens (including phenoxy) is 1. The van der Waals surface area contributed by atoms with E-state index < -0.39 is 17.0 Å². The van der Waals surface area contributed by atoms with Crippen LogP contribution in [-0.2, 0) is 4.74 Å². The molecule has 0 heterocycles. The smallest absolute Gasteiger partial charge is 0.339 e. The summed E-state index contributed by atoms with van der Waals surface area (Å²) in [6, 6.07) is 9.66. The molecule has 0 aliphatic heterocycles. The van der Waals surface area contributed by atoms with Crippen LogP contribution in [0.4, 0.5) is 5.69 Å². The van der Waals surface area contributed by atoms with Crippen molar-refractivity contribution < 1.29 is 19.2 Å². The Morgan fingerprint density at radius 1 is 1.08 bits per heavy atom. The zero-order valence-electron chi connectivity index (χ0n) is 14.5. The summed E-state index contributed by atoms with van der Waals surface area (Å²) in [7, 11) is 0. The van der Waals surface area contributed by atoms with Crippen molar-refractivity contribution >= 4 is 17.4 Å². The SMILES string of the molecule is Cc1ccc(C)c(C(=O)[C@H](C)OC(=O)c2cccc([N+](=O)[O-])c2C)c1. The van der Waals surface area contributed by atoms with E-state index in [0.29, 0.717) is 5.56 Å². The van der Waals surface area contributed by atoms with Crippen LogP contribution >= 0.6 is 0 Å². The van der Waals surface area contributed by atoms with E-state index >= 15 is 0 Å². The van der Waals surface area contributed by atoms with Crippen LogP contribution in [0.15, 0.2) is 36.4 Å². The molecule has 2 aromatic rings. The number of carbonyl (C=O) groups is 2. The third kappa shape index (κ3) is 3.91. The molecule has 0 saturated carbocycles. The monoisotopic (exact) mass is 341 g/mol. The lowest BCUT2D eigenvalue weighted by atomic mass is 9.99. The number of rotatable bonds is 5. The Labute approximate surface area is 145 Å². The number of nitro benzene ring substituents is 1. The first kappa shape index (κ1) is 18.3. The highest BCUT2D eigenvalue weighted by atomic mass is 16.6. The number of aryl methyl sites for hydroxylation is 2. The predicted molar refractivity (Wildman–Crippen MR) is 93.0 cm³/mol. The molecule has 0 radical (unpaired) electrons. The second-order valence-electron chi connectivity index (χ2n) is 5.94. The van der Waals surface area contributed by atoms with E-state index in [1.807, 2.05) is 26.0 Å². The Kier molecular flexibility index (Phi) is 5.32. The molecule has 0 bridgehead atoms. The molecule has 0 aliphatic carbocycles. The minimum atomic E-state index is -0.994. The summed E-state index contributed by atoms with van der Waals surface area (Å²) >= 11 is 0. The Morgan fingerprint density at radius 2 is 1.76 bits per heavy atom. The fraction of sp³-hybridized carbons (Fsp3) is 0.263. The lowest BCUT2D eigenvalue weighted by Gasteiger charge is -2.15. The van der Waals surface area contributed by atoms with Gasteiger partial charge in [0.25, 0.3) is 5.69 Å². The maximum Gasteiger partial charge on any atom is 0.339 e. The molecule has 0 unspecified atom stereocenters. The quantitative estimate of drug-likeness (QED) is 0.356.